The molecule has 0 radical (unpaired) electrons. The lowest BCUT2D eigenvalue weighted by Crippen LogP contribution is -2.53. The van der Waals surface area contributed by atoms with Crippen LogP contribution in [0.2, 0.25) is 0 Å². The molecule has 1 amide bonds. The predicted octanol–water partition coefficient (Wildman–Crippen LogP) is 4.63. The van der Waals surface area contributed by atoms with Crippen molar-refractivity contribution in [3.8, 4) is 11.4 Å². The molecule has 2 aliphatic rings. The first-order valence-corrected chi connectivity index (χ1v) is 11.9. The molecule has 8 heteroatoms. The molecular formula is C24H26FN5OS. The number of amides is 1. The lowest BCUT2D eigenvalue weighted by Gasteiger charge is -2.43. The van der Waals surface area contributed by atoms with E-state index in [0.717, 1.165) is 30.4 Å². The molecule has 4 atom stereocenters. The van der Waals surface area contributed by atoms with Crippen LogP contribution in [0, 0.1) is 5.82 Å². The number of hydrogen-bond donors (Lipinski definition) is 1. The predicted molar refractivity (Wildman–Crippen MR) is 123 cm³/mol. The maximum Gasteiger partial charge on any atom is 0.239 e. The van der Waals surface area contributed by atoms with Crippen LogP contribution in [0.5, 0.6) is 0 Å². The Bertz CT molecular complexity index is 1090. The van der Waals surface area contributed by atoms with Crippen molar-refractivity contribution in [2.24, 2.45) is 0 Å². The van der Waals surface area contributed by atoms with Crippen molar-refractivity contribution in [1.82, 2.24) is 19.8 Å². The number of halogens is 1. The normalized spacial score (nSPS) is 25.2. The fourth-order valence-electron chi connectivity index (χ4n) is 4.74. The average molecular weight is 452 g/mol. The van der Waals surface area contributed by atoms with Gasteiger partial charge in [0.25, 0.3) is 0 Å². The van der Waals surface area contributed by atoms with E-state index in [1.54, 1.807) is 12.1 Å². The molecule has 1 aromatic heterocycles. The van der Waals surface area contributed by atoms with Gasteiger partial charge in [-0.25, -0.2) is 9.07 Å². The van der Waals surface area contributed by atoms with Crippen molar-refractivity contribution in [3.05, 3.63) is 66.0 Å². The molecule has 5 rings (SSSR count). The van der Waals surface area contributed by atoms with Gasteiger partial charge in [-0.2, -0.15) is 0 Å². The summed E-state index contributed by atoms with van der Waals surface area (Å²) in [5, 5.41) is 8.99. The van der Waals surface area contributed by atoms with Gasteiger partial charge in [-0.05, 0) is 50.8 Å². The summed E-state index contributed by atoms with van der Waals surface area (Å²) in [4.78, 5) is 15.9. The van der Waals surface area contributed by atoms with Gasteiger partial charge in [0, 0.05) is 17.6 Å². The van der Waals surface area contributed by atoms with Crippen molar-refractivity contribution >= 4 is 17.7 Å². The minimum absolute atomic E-state index is 0.0898. The van der Waals surface area contributed by atoms with Gasteiger partial charge in [0.1, 0.15) is 11.1 Å². The summed E-state index contributed by atoms with van der Waals surface area (Å²) >= 11 is 1.43. The topological polar surface area (TPSA) is 63.1 Å². The van der Waals surface area contributed by atoms with Gasteiger partial charge in [-0.15, -0.1) is 10.2 Å². The van der Waals surface area contributed by atoms with Gasteiger partial charge in [-0.3, -0.25) is 4.79 Å². The van der Waals surface area contributed by atoms with Gasteiger partial charge in [0.2, 0.25) is 11.1 Å². The third-order valence-electron chi connectivity index (χ3n) is 6.39. The molecule has 32 heavy (non-hydrogen) atoms. The van der Waals surface area contributed by atoms with Crippen molar-refractivity contribution in [1.29, 1.82) is 0 Å². The number of aromatic nitrogens is 3. The monoisotopic (exact) mass is 451 g/mol. The van der Waals surface area contributed by atoms with E-state index in [9.17, 15) is 9.18 Å². The van der Waals surface area contributed by atoms with Gasteiger partial charge in [0.15, 0.2) is 5.82 Å². The number of carbonyl (C=O) groups excluding carboxylic acids is 1. The van der Waals surface area contributed by atoms with E-state index in [0.29, 0.717) is 11.0 Å². The fraction of sp³-hybridized carbons (Fsp3) is 0.375. The highest BCUT2D eigenvalue weighted by Crippen LogP contribution is 2.40. The van der Waals surface area contributed by atoms with E-state index in [2.05, 4.69) is 29.5 Å². The molecule has 166 valence electrons. The summed E-state index contributed by atoms with van der Waals surface area (Å²) in [7, 11) is 0. The van der Waals surface area contributed by atoms with Crippen LogP contribution in [0.1, 0.15) is 44.7 Å². The molecule has 0 saturated carbocycles. The summed E-state index contributed by atoms with van der Waals surface area (Å²) in [5.41, 5.74) is 5.27. The van der Waals surface area contributed by atoms with E-state index < -0.39 is 5.25 Å². The maximum absolute atomic E-state index is 13.8. The van der Waals surface area contributed by atoms with Gasteiger partial charge in [-0.1, -0.05) is 54.2 Å². The molecule has 1 fully saturated rings. The van der Waals surface area contributed by atoms with E-state index in [4.69, 9.17) is 0 Å². The van der Waals surface area contributed by atoms with Crippen LogP contribution in [0.3, 0.4) is 0 Å². The summed E-state index contributed by atoms with van der Waals surface area (Å²) < 4.78 is 15.5. The number of benzene rings is 2. The van der Waals surface area contributed by atoms with Crippen LogP contribution in [0.25, 0.3) is 11.4 Å². The Morgan fingerprint density at radius 3 is 2.41 bits per heavy atom. The number of piperidine rings is 1. The Morgan fingerprint density at radius 2 is 1.72 bits per heavy atom. The van der Waals surface area contributed by atoms with E-state index in [1.165, 1.54) is 23.9 Å². The number of rotatable bonds is 3. The first kappa shape index (κ1) is 21.0. The number of thioether (sulfide) groups is 1. The maximum atomic E-state index is 13.8. The smallest absolute Gasteiger partial charge is 0.239 e. The fourth-order valence-corrected chi connectivity index (χ4v) is 5.88. The lowest BCUT2D eigenvalue weighted by molar-refractivity contribution is -0.137. The number of nitrogens with one attached hydrogen (secondary N) is 1. The highest BCUT2D eigenvalue weighted by atomic mass is 32.2. The van der Waals surface area contributed by atoms with Crippen LogP contribution in [-0.4, -0.2) is 43.0 Å². The third kappa shape index (κ3) is 3.77. The second-order valence-electron chi connectivity index (χ2n) is 8.58. The second kappa shape index (κ2) is 8.58. The average Bonchev–Trinajstić information content (AvgIpc) is 3.22. The number of nitrogens with zero attached hydrogens (tertiary/aromatic N) is 4. The molecule has 6 nitrogen and oxygen atoms in total. The molecular weight excluding hydrogens is 425 g/mol. The Balaban J connectivity index is 1.54. The Labute approximate surface area is 191 Å². The lowest BCUT2D eigenvalue weighted by atomic mass is 9.95. The molecule has 2 aliphatic heterocycles. The SMILES string of the molecule is C[C@@H]1CCC[C@H](C)N1C(=O)[C@H]1Sc2nnc(-c3ccccc3)n2N[C@@H]1c1ccc(F)cc1. The highest BCUT2D eigenvalue weighted by Gasteiger charge is 2.42. The summed E-state index contributed by atoms with van der Waals surface area (Å²) in [6.45, 7) is 4.24. The van der Waals surface area contributed by atoms with Crippen molar-refractivity contribution < 1.29 is 9.18 Å². The summed E-state index contributed by atoms with van der Waals surface area (Å²) in [6.07, 6.45) is 3.16. The minimum atomic E-state index is -0.427. The number of carbonyl (C=O) groups is 1. The molecule has 1 N–H and O–H groups in total. The van der Waals surface area contributed by atoms with Gasteiger partial charge in [0.05, 0.1) is 6.04 Å². The van der Waals surface area contributed by atoms with E-state index in [-0.39, 0.29) is 29.8 Å². The van der Waals surface area contributed by atoms with Crippen LogP contribution < -0.4 is 5.43 Å². The highest BCUT2D eigenvalue weighted by molar-refractivity contribution is 8.00. The summed E-state index contributed by atoms with van der Waals surface area (Å²) in [5.74, 6) is 0.478. The molecule has 0 spiro atoms. The Hall–Kier alpha value is -2.87. The molecule has 2 aromatic carbocycles. The zero-order chi connectivity index (χ0) is 22.2. The zero-order valence-electron chi connectivity index (χ0n) is 18.1. The number of likely N-dealkylation sites (tertiary alicyclic amines) is 1. The minimum Gasteiger partial charge on any atom is -0.336 e. The van der Waals surface area contributed by atoms with Gasteiger partial charge >= 0.3 is 0 Å². The Kier molecular flexibility index (Phi) is 5.63. The van der Waals surface area contributed by atoms with Gasteiger partial charge < -0.3 is 10.3 Å². The molecule has 0 bridgehead atoms. The third-order valence-corrected chi connectivity index (χ3v) is 7.59. The summed E-state index contributed by atoms with van der Waals surface area (Å²) in [6, 6.07) is 16.2. The van der Waals surface area contributed by atoms with Crippen LogP contribution in [0.4, 0.5) is 4.39 Å². The van der Waals surface area contributed by atoms with Crippen LogP contribution in [0.15, 0.2) is 59.8 Å². The largest absolute Gasteiger partial charge is 0.336 e. The number of hydrogen-bond acceptors (Lipinski definition) is 5. The molecule has 0 unspecified atom stereocenters. The molecule has 0 aliphatic carbocycles. The van der Waals surface area contributed by atoms with Crippen LogP contribution >= 0.6 is 11.8 Å². The molecule has 3 aromatic rings. The Morgan fingerprint density at radius 1 is 1.03 bits per heavy atom. The standard InChI is InChI=1S/C24H26FN5OS/c1-15-7-6-8-16(2)29(15)23(31)21-20(17-11-13-19(25)14-12-17)28-30-22(26-27-24(30)32-21)18-9-4-3-5-10-18/h3-5,9-16,20-21,28H,6-8H2,1-2H3/t15-,16+,20-,21+/m1/s1. The first-order valence-electron chi connectivity index (χ1n) is 11.0. The zero-order valence-corrected chi connectivity index (χ0v) is 18.9. The van der Waals surface area contributed by atoms with E-state index in [1.807, 2.05) is 39.9 Å². The second-order valence-corrected chi connectivity index (χ2v) is 9.69. The first-order chi connectivity index (χ1) is 15.5. The van der Waals surface area contributed by atoms with Crippen molar-refractivity contribution in [2.45, 2.75) is 61.6 Å². The van der Waals surface area contributed by atoms with E-state index >= 15 is 0 Å². The molecule has 3 heterocycles. The van der Waals surface area contributed by atoms with Crippen LogP contribution in [-0.2, 0) is 4.79 Å². The van der Waals surface area contributed by atoms with Crippen molar-refractivity contribution in [2.75, 3.05) is 5.43 Å². The van der Waals surface area contributed by atoms with Crippen molar-refractivity contribution in [3.63, 3.8) is 0 Å². The molecule has 1 saturated heterocycles. The number of fused-ring (bicyclic) bond motifs is 1. The quantitative estimate of drug-likeness (QED) is 0.629.